The van der Waals surface area contributed by atoms with E-state index in [0.717, 1.165) is 5.56 Å². The van der Waals surface area contributed by atoms with Crippen LogP contribution in [0.3, 0.4) is 0 Å². The fourth-order valence-corrected chi connectivity index (χ4v) is 2.40. The lowest BCUT2D eigenvalue weighted by molar-refractivity contribution is 0.0943. The van der Waals surface area contributed by atoms with E-state index in [4.69, 9.17) is 10.9 Å². The van der Waals surface area contributed by atoms with E-state index in [2.05, 4.69) is 5.32 Å². The van der Waals surface area contributed by atoms with Crippen LogP contribution in [0.15, 0.2) is 41.4 Å². The average molecular weight is 308 g/mol. The van der Waals surface area contributed by atoms with Crippen LogP contribution < -0.4 is 16.2 Å². The summed E-state index contributed by atoms with van der Waals surface area (Å²) in [4.78, 5) is 12.0. The maximum Gasteiger partial charge on any atom is 0.268 e. The Morgan fingerprint density at radius 3 is 2.38 bits per heavy atom. The summed E-state index contributed by atoms with van der Waals surface area (Å²) >= 11 is 0. The highest BCUT2D eigenvalue weighted by Gasteiger charge is 2.11. The van der Waals surface area contributed by atoms with Crippen LogP contribution >= 0.6 is 0 Å². The molecular formula is C13H16N4O3S. The molecule has 7 nitrogen and oxygen atoms in total. The fraction of sp³-hybridized carbons (Fsp3) is 0.154. The zero-order chi connectivity index (χ0) is 15.6. The molecule has 0 aliphatic heterocycles. The van der Waals surface area contributed by atoms with Gasteiger partial charge in [0.1, 0.15) is 5.69 Å². The van der Waals surface area contributed by atoms with E-state index < -0.39 is 10.0 Å². The number of aromatic nitrogens is 1. The highest BCUT2D eigenvalue weighted by molar-refractivity contribution is 7.89. The molecule has 0 atom stereocenters. The SMILES string of the molecule is Cn1cc(N)cc1C(=O)NCc1ccc(S(N)(=O)=O)cc1. The number of aryl methyl sites for hydroxylation is 1. The lowest BCUT2D eigenvalue weighted by atomic mass is 10.2. The Morgan fingerprint density at radius 1 is 1.29 bits per heavy atom. The van der Waals surface area contributed by atoms with Crippen LogP contribution in [-0.4, -0.2) is 18.9 Å². The monoisotopic (exact) mass is 308 g/mol. The van der Waals surface area contributed by atoms with Crippen LogP contribution in [0.1, 0.15) is 16.1 Å². The van der Waals surface area contributed by atoms with Gasteiger partial charge in [-0.05, 0) is 23.8 Å². The first-order chi connectivity index (χ1) is 9.77. The number of carbonyl (C=O) groups excluding carboxylic acids is 1. The lowest BCUT2D eigenvalue weighted by Crippen LogP contribution is -2.24. The van der Waals surface area contributed by atoms with Gasteiger partial charge < -0.3 is 15.6 Å². The summed E-state index contributed by atoms with van der Waals surface area (Å²) < 4.78 is 23.9. The molecule has 0 aliphatic rings. The van der Waals surface area contributed by atoms with Gasteiger partial charge in [0, 0.05) is 19.8 Å². The maximum atomic E-state index is 12.0. The highest BCUT2D eigenvalue weighted by atomic mass is 32.2. The van der Waals surface area contributed by atoms with Crippen molar-refractivity contribution in [2.75, 3.05) is 5.73 Å². The number of benzene rings is 1. The molecule has 21 heavy (non-hydrogen) atoms. The van der Waals surface area contributed by atoms with Crippen LogP contribution in [0.25, 0.3) is 0 Å². The molecule has 8 heteroatoms. The van der Waals surface area contributed by atoms with Crippen LogP contribution in [0.2, 0.25) is 0 Å². The first-order valence-electron chi connectivity index (χ1n) is 6.09. The zero-order valence-electron chi connectivity index (χ0n) is 11.4. The Bertz CT molecular complexity index is 763. The molecule has 1 aromatic heterocycles. The summed E-state index contributed by atoms with van der Waals surface area (Å²) in [5.41, 5.74) is 7.34. The van der Waals surface area contributed by atoms with Crippen molar-refractivity contribution in [3.8, 4) is 0 Å². The summed E-state index contributed by atoms with van der Waals surface area (Å²) in [7, 11) is -1.97. The molecule has 1 heterocycles. The topological polar surface area (TPSA) is 120 Å². The molecule has 0 bridgehead atoms. The third kappa shape index (κ3) is 3.61. The van der Waals surface area contributed by atoms with E-state index >= 15 is 0 Å². The molecule has 0 saturated carbocycles. The van der Waals surface area contributed by atoms with Crippen molar-refractivity contribution >= 4 is 21.6 Å². The van der Waals surface area contributed by atoms with Crippen LogP contribution in [0, 0.1) is 0 Å². The molecule has 0 saturated heterocycles. The normalized spacial score (nSPS) is 11.3. The van der Waals surface area contributed by atoms with Gasteiger partial charge in [-0.1, -0.05) is 12.1 Å². The first kappa shape index (κ1) is 15.1. The molecule has 0 unspecified atom stereocenters. The predicted octanol–water partition coefficient (Wildman–Crippen LogP) is 0.185. The van der Waals surface area contributed by atoms with Gasteiger partial charge in [0.05, 0.1) is 10.6 Å². The number of nitrogen functional groups attached to an aromatic ring is 1. The molecule has 5 N–H and O–H groups in total. The number of carbonyl (C=O) groups is 1. The van der Waals surface area contributed by atoms with Crippen LogP contribution in [0.5, 0.6) is 0 Å². The zero-order valence-corrected chi connectivity index (χ0v) is 12.2. The summed E-state index contributed by atoms with van der Waals surface area (Å²) in [6.07, 6.45) is 1.65. The van der Waals surface area contributed by atoms with E-state index in [1.165, 1.54) is 12.1 Å². The Hall–Kier alpha value is -2.32. The number of anilines is 1. The van der Waals surface area contributed by atoms with Crippen LogP contribution in [-0.2, 0) is 23.6 Å². The second kappa shape index (κ2) is 5.58. The standard InChI is InChI=1S/C13H16N4O3S/c1-17-8-10(14)6-12(17)13(18)16-7-9-2-4-11(5-3-9)21(15,19)20/h2-6,8H,7,14H2,1H3,(H,16,18)(H2,15,19,20). The van der Waals surface area contributed by atoms with E-state index in [1.54, 1.807) is 36.0 Å². The number of hydrogen-bond acceptors (Lipinski definition) is 4. The minimum atomic E-state index is -3.70. The van der Waals surface area contributed by atoms with Gasteiger partial charge >= 0.3 is 0 Å². The minimum absolute atomic E-state index is 0.0350. The Labute approximate surface area is 122 Å². The molecule has 2 rings (SSSR count). The van der Waals surface area contributed by atoms with Gasteiger partial charge in [-0.15, -0.1) is 0 Å². The molecule has 112 valence electrons. The first-order valence-corrected chi connectivity index (χ1v) is 7.64. The number of rotatable bonds is 4. The van der Waals surface area contributed by atoms with E-state index in [1.807, 2.05) is 0 Å². The molecule has 0 spiro atoms. The number of primary sulfonamides is 1. The summed E-state index contributed by atoms with van der Waals surface area (Å²) in [5.74, 6) is -0.260. The van der Waals surface area contributed by atoms with Crippen molar-refractivity contribution in [3.63, 3.8) is 0 Å². The minimum Gasteiger partial charge on any atom is -0.397 e. The summed E-state index contributed by atoms with van der Waals surface area (Å²) in [6.45, 7) is 0.273. The van der Waals surface area contributed by atoms with Crippen molar-refractivity contribution in [2.24, 2.45) is 12.2 Å². The predicted molar refractivity (Wildman–Crippen MR) is 78.8 cm³/mol. The fourth-order valence-electron chi connectivity index (χ4n) is 1.89. The number of amides is 1. The molecule has 1 amide bonds. The second-order valence-corrected chi connectivity index (χ2v) is 6.20. The summed E-state index contributed by atoms with van der Waals surface area (Å²) in [6, 6.07) is 7.58. The Morgan fingerprint density at radius 2 is 1.90 bits per heavy atom. The van der Waals surface area contributed by atoms with Crippen molar-refractivity contribution in [1.29, 1.82) is 0 Å². The van der Waals surface area contributed by atoms with Crippen molar-refractivity contribution in [2.45, 2.75) is 11.4 Å². The third-order valence-corrected chi connectivity index (χ3v) is 3.89. The number of nitrogens with zero attached hydrogens (tertiary/aromatic N) is 1. The second-order valence-electron chi connectivity index (χ2n) is 4.64. The Kier molecular flexibility index (Phi) is 4.01. The lowest BCUT2D eigenvalue weighted by Gasteiger charge is -2.06. The molecule has 0 aliphatic carbocycles. The maximum absolute atomic E-state index is 12.0. The largest absolute Gasteiger partial charge is 0.397 e. The van der Waals surface area contributed by atoms with Gasteiger partial charge in [-0.25, -0.2) is 13.6 Å². The van der Waals surface area contributed by atoms with Gasteiger partial charge in [0.2, 0.25) is 10.0 Å². The molecule has 1 aromatic carbocycles. The molecule has 2 aromatic rings. The molecular weight excluding hydrogens is 292 g/mol. The summed E-state index contributed by atoms with van der Waals surface area (Å²) in [5, 5.41) is 7.74. The van der Waals surface area contributed by atoms with Crippen molar-refractivity contribution in [1.82, 2.24) is 9.88 Å². The van der Waals surface area contributed by atoms with Crippen LogP contribution in [0.4, 0.5) is 5.69 Å². The molecule has 0 radical (unpaired) electrons. The number of hydrogen-bond donors (Lipinski definition) is 3. The smallest absolute Gasteiger partial charge is 0.268 e. The number of sulfonamides is 1. The third-order valence-electron chi connectivity index (χ3n) is 2.96. The van der Waals surface area contributed by atoms with Gasteiger partial charge in [0.25, 0.3) is 5.91 Å². The number of nitrogens with two attached hydrogens (primary N) is 2. The average Bonchev–Trinajstić information content (AvgIpc) is 2.74. The highest BCUT2D eigenvalue weighted by Crippen LogP contribution is 2.10. The quantitative estimate of drug-likeness (QED) is 0.746. The van der Waals surface area contributed by atoms with E-state index in [0.29, 0.717) is 11.4 Å². The van der Waals surface area contributed by atoms with Crippen molar-refractivity contribution < 1.29 is 13.2 Å². The van der Waals surface area contributed by atoms with Gasteiger partial charge in [-0.2, -0.15) is 0 Å². The van der Waals surface area contributed by atoms with Gasteiger partial charge in [0.15, 0.2) is 0 Å². The Balaban J connectivity index is 2.03. The number of nitrogens with one attached hydrogen (secondary N) is 1. The van der Waals surface area contributed by atoms with Gasteiger partial charge in [-0.3, -0.25) is 4.79 Å². The van der Waals surface area contributed by atoms with E-state index in [9.17, 15) is 13.2 Å². The molecule has 0 fully saturated rings. The van der Waals surface area contributed by atoms with Crippen molar-refractivity contribution in [3.05, 3.63) is 47.8 Å². The van der Waals surface area contributed by atoms with E-state index in [-0.39, 0.29) is 17.3 Å².